The Hall–Kier alpha value is -3.30. The van der Waals surface area contributed by atoms with E-state index in [4.69, 9.17) is 4.74 Å². The van der Waals surface area contributed by atoms with E-state index in [0.717, 1.165) is 41.3 Å². The molecule has 0 fully saturated rings. The van der Waals surface area contributed by atoms with Gasteiger partial charge in [-0.05, 0) is 42.0 Å². The zero-order chi connectivity index (χ0) is 21.4. The van der Waals surface area contributed by atoms with E-state index in [1.165, 1.54) is 24.3 Å². The van der Waals surface area contributed by atoms with Crippen LogP contribution in [0.25, 0.3) is 0 Å². The summed E-state index contributed by atoms with van der Waals surface area (Å²) in [6.07, 6.45) is -7.33. The third-order valence-electron chi connectivity index (χ3n) is 4.01. The predicted octanol–water partition coefficient (Wildman–Crippen LogP) is 5.12. The summed E-state index contributed by atoms with van der Waals surface area (Å²) in [7, 11) is 0. The first-order valence-corrected chi connectivity index (χ1v) is 8.03. The highest BCUT2D eigenvalue weighted by Crippen LogP contribution is 2.46. The topological polar surface area (TPSA) is 46.6 Å². The van der Waals surface area contributed by atoms with Gasteiger partial charge >= 0.3 is 12.1 Å². The highest BCUT2D eigenvalue weighted by atomic mass is 19.4. The zero-order valence-electron chi connectivity index (χ0n) is 14.3. The number of rotatable bonds is 5. The van der Waals surface area contributed by atoms with Crippen molar-refractivity contribution in [3.8, 4) is 11.5 Å². The van der Waals surface area contributed by atoms with Gasteiger partial charge in [-0.25, -0.2) is 9.29 Å². The first kappa shape index (κ1) is 20.4. The van der Waals surface area contributed by atoms with Crippen molar-refractivity contribution in [3.63, 3.8) is 0 Å². The maximum Gasteiger partial charge on any atom is 0.456 e. The SMILES string of the molecule is O=C1C=CC(=O)N1c1ccc(Oc2ccc(C(F)C(F)(F)C(F)(F)F)cc2)cc1. The zero-order valence-corrected chi connectivity index (χ0v) is 14.3. The van der Waals surface area contributed by atoms with Gasteiger partial charge in [-0.2, -0.15) is 22.0 Å². The van der Waals surface area contributed by atoms with Gasteiger partial charge in [-0.1, -0.05) is 12.1 Å². The summed E-state index contributed by atoms with van der Waals surface area (Å²) in [5, 5.41) is 0. The van der Waals surface area contributed by atoms with Gasteiger partial charge in [0, 0.05) is 12.2 Å². The fraction of sp³-hybridized carbons (Fsp3) is 0.158. The standard InChI is InChI=1S/C19H11F6NO3/c20-17(18(21,22)19(23,24)25)11-1-5-13(6-2-11)29-14-7-3-12(4-8-14)26-15(27)9-10-16(26)28/h1-10,17H. The Bertz CT molecular complexity index is 933. The lowest BCUT2D eigenvalue weighted by molar-refractivity contribution is -0.305. The highest BCUT2D eigenvalue weighted by Gasteiger charge is 2.63. The van der Waals surface area contributed by atoms with Gasteiger partial charge in [0.25, 0.3) is 11.8 Å². The molecule has 1 unspecified atom stereocenters. The van der Waals surface area contributed by atoms with Crippen LogP contribution >= 0.6 is 0 Å². The summed E-state index contributed by atoms with van der Waals surface area (Å²) in [5.74, 6) is -6.25. The second-order valence-electron chi connectivity index (χ2n) is 5.99. The number of nitrogens with zero attached hydrogens (tertiary/aromatic N) is 1. The molecule has 0 saturated heterocycles. The van der Waals surface area contributed by atoms with E-state index in [-0.39, 0.29) is 11.5 Å². The second kappa shape index (κ2) is 7.26. The van der Waals surface area contributed by atoms with E-state index < -0.39 is 35.6 Å². The van der Waals surface area contributed by atoms with Crippen LogP contribution in [0.5, 0.6) is 11.5 Å². The van der Waals surface area contributed by atoms with Crippen molar-refractivity contribution in [3.05, 3.63) is 66.2 Å². The Labute approximate surface area is 160 Å². The molecule has 1 atom stereocenters. The number of benzene rings is 2. The molecular weight excluding hydrogens is 404 g/mol. The Morgan fingerprint density at radius 2 is 1.21 bits per heavy atom. The molecule has 0 aromatic heterocycles. The van der Waals surface area contributed by atoms with Crippen molar-refractivity contribution < 1.29 is 40.7 Å². The number of halogens is 6. The molecule has 0 aliphatic carbocycles. The summed E-state index contributed by atoms with van der Waals surface area (Å²) >= 11 is 0. The number of alkyl halides is 6. The number of carbonyl (C=O) groups excluding carboxylic acids is 2. The van der Waals surface area contributed by atoms with Crippen LogP contribution in [-0.2, 0) is 9.59 Å². The molecule has 152 valence electrons. The summed E-state index contributed by atoms with van der Waals surface area (Å²) in [5.41, 5.74) is -0.559. The van der Waals surface area contributed by atoms with Crippen LogP contribution in [0.1, 0.15) is 11.7 Å². The molecule has 2 aromatic carbocycles. The summed E-state index contributed by atoms with van der Waals surface area (Å²) in [6, 6.07) is 9.29. The van der Waals surface area contributed by atoms with Crippen molar-refractivity contribution in [2.75, 3.05) is 4.90 Å². The summed E-state index contributed by atoms with van der Waals surface area (Å²) < 4.78 is 82.0. The Kier molecular flexibility index (Phi) is 5.12. The lowest BCUT2D eigenvalue weighted by atomic mass is 10.0. The van der Waals surface area contributed by atoms with Gasteiger partial charge in [-0.15, -0.1) is 0 Å². The van der Waals surface area contributed by atoms with Crippen LogP contribution in [0.4, 0.5) is 32.0 Å². The Morgan fingerprint density at radius 3 is 1.66 bits per heavy atom. The minimum absolute atomic E-state index is 0.0546. The molecule has 2 amide bonds. The van der Waals surface area contributed by atoms with Crippen LogP contribution in [0.2, 0.25) is 0 Å². The van der Waals surface area contributed by atoms with Gasteiger partial charge in [-0.3, -0.25) is 9.59 Å². The molecule has 0 radical (unpaired) electrons. The highest BCUT2D eigenvalue weighted by molar-refractivity contribution is 6.28. The second-order valence-corrected chi connectivity index (χ2v) is 5.99. The van der Waals surface area contributed by atoms with Crippen molar-refractivity contribution in [2.45, 2.75) is 18.3 Å². The fourth-order valence-electron chi connectivity index (χ4n) is 2.51. The molecule has 2 aromatic rings. The number of anilines is 1. The van der Waals surface area contributed by atoms with Gasteiger partial charge in [0.1, 0.15) is 11.5 Å². The van der Waals surface area contributed by atoms with Crippen LogP contribution < -0.4 is 9.64 Å². The average Bonchev–Trinajstić information content (AvgIpc) is 3.00. The van der Waals surface area contributed by atoms with Crippen LogP contribution in [0.3, 0.4) is 0 Å². The fourth-order valence-corrected chi connectivity index (χ4v) is 2.51. The number of ether oxygens (including phenoxy) is 1. The van der Waals surface area contributed by atoms with Crippen molar-refractivity contribution in [2.24, 2.45) is 0 Å². The lowest BCUT2D eigenvalue weighted by Crippen LogP contribution is -2.40. The monoisotopic (exact) mass is 415 g/mol. The largest absolute Gasteiger partial charge is 0.457 e. The van der Waals surface area contributed by atoms with E-state index >= 15 is 0 Å². The van der Waals surface area contributed by atoms with Gasteiger partial charge in [0.05, 0.1) is 5.69 Å². The molecule has 10 heteroatoms. The van der Waals surface area contributed by atoms with E-state index in [1.54, 1.807) is 0 Å². The molecular formula is C19H11F6NO3. The molecule has 4 nitrogen and oxygen atoms in total. The molecule has 1 heterocycles. The lowest BCUT2D eigenvalue weighted by Gasteiger charge is -2.23. The average molecular weight is 415 g/mol. The Balaban J connectivity index is 1.70. The third-order valence-corrected chi connectivity index (χ3v) is 4.01. The van der Waals surface area contributed by atoms with E-state index in [1.807, 2.05) is 0 Å². The number of carbonyl (C=O) groups is 2. The molecule has 0 saturated carbocycles. The smallest absolute Gasteiger partial charge is 0.456 e. The van der Waals surface area contributed by atoms with Gasteiger partial charge in [0.2, 0.25) is 0 Å². The molecule has 0 N–H and O–H groups in total. The molecule has 0 spiro atoms. The maximum atomic E-state index is 13.6. The molecule has 29 heavy (non-hydrogen) atoms. The predicted molar refractivity (Wildman–Crippen MR) is 89.4 cm³/mol. The molecule has 1 aliphatic heterocycles. The van der Waals surface area contributed by atoms with Gasteiger partial charge in [0.15, 0.2) is 6.17 Å². The minimum Gasteiger partial charge on any atom is -0.457 e. The van der Waals surface area contributed by atoms with Gasteiger partial charge < -0.3 is 4.74 Å². The van der Waals surface area contributed by atoms with Crippen LogP contribution in [-0.4, -0.2) is 23.9 Å². The van der Waals surface area contributed by atoms with Crippen molar-refractivity contribution >= 4 is 17.5 Å². The number of hydrogen-bond acceptors (Lipinski definition) is 3. The first-order chi connectivity index (χ1) is 13.5. The van der Waals surface area contributed by atoms with E-state index in [0.29, 0.717) is 5.69 Å². The van der Waals surface area contributed by atoms with E-state index in [9.17, 15) is 35.9 Å². The first-order valence-electron chi connectivity index (χ1n) is 8.03. The Morgan fingerprint density at radius 1 is 0.759 bits per heavy atom. The quantitative estimate of drug-likeness (QED) is 0.503. The summed E-state index contributed by atoms with van der Waals surface area (Å²) in [4.78, 5) is 24.2. The number of amides is 2. The molecule has 3 rings (SSSR count). The van der Waals surface area contributed by atoms with Crippen LogP contribution in [0.15, 0.2) is 60.7 Å². The third kappa shape index (κ3) is 3.96. The van der Waals surface area contributed by atoms with Crippen molar-refractivity contribution in [1.29, 1.82) is 0 Å². The summed E-state index contributed by atoms with van der Waals surface area (Å²) in [6.45, 7) is 0. The normalized spacial score (nSPS) is 15.7. The molecule has 0 bridgehead atoms. The van der Waals surface area contributed by atoms with Crippen molar-refractivity contribution in [1.82, 2.24) is 0 Å². The number of imide groups is 1. The minimum atomic E-state index is -6.02. The maximum absolute atomic E-state index is 13.6. The van der Waals surface area contributed by atoms with Crippen LogP contribution in [0, 0.1) is 0 Å². The van der Waals surface area contributed by atoms with E-state index in [2.05, 4.69) is 0 Å². The number of hydrogen-bond donors (Lipinski definition) is 0. The molecule has 1 aliphatic rings.